The minimum absolute atomic E-state index is 0.257. The van der Waals surface area contributed by atoms with Crippen LogP contribution in [0.2, 0.25) is 0 Å². The Bertz CT molecular complexity index is 763. The van der Waals surface area contributed by atoms with E-state index in [1.165, 1.54) is 0 Å². The van der Waals surface area contributed by atoms with Crippen LogP contribution in [-0.4, -0.2) is 24.6 Å². The van der Waals surface area contributed by atoms with Crippen molar-refractivity contribution in [2.75, 3.05) is 11.9 Å². The lowest BCUT2D eigenvalue weighted by atomic mass is 10.1. The van der Waals surface area contributed by atoms with E-state index in [0.29, 0.717) is 23.6 Å². The topological polar surface area (TPSA) is 64.6 Å². The van der Waals surface area contributed by atoms with E-state index in [1.54, 1.807) is 31.2 Å². The van der Waals surface area contributed by atoms with E-state index in [0.717, 1.165) is 24.0 Å². The third-order valence-electron chi connectivity index (χ3n) is 4.00. The number of nitrogens with one attached hydrogen (secondary N) is 1. The molecule has 0 bridgehead atoms. The number of carbonyl (C=O) groups is 2. The molecule has 1 amide bonds. The Labute approximate surface area is 160 Å². The molecule has 0 saturated heterocycles. The molecule has 144 valence electrons. The molecule has 27 heavy (non-hydrogen) atoms. The van der Waals surface area contributed by atoms with Gasteiger partial charge in [-0.05, 0) is 74.7 Å². The smallest absolute Gasteiger partial charge is 0.338 e. The molecule has 1 unspecified atom stereocenters. The molecule has 1 atom stereocenters. The average Bonchev–Trinajstić information content (AvgIpc) is 2.61. The normalized spacial score (nSPS) is 11.6. The zero-order valence-corrected chi connectivity index (χ0v) is 16.4. The number of unbranched alkanes of at least 4 members (excludes halogenated alkanes) is 1. The summed E-state index contributed by atoms with van der Waals surface area (Å²) in [6.45, 7) is 8.13. The first-order chi connectivity index (χ1) is 12.9. The lowest BCUT2D eigenvalue weighted by Crippen LogP contribution is -2.30. The highest BCUT2D eigenvalue weighted by Gasteiger charge is 2.16. The predicted molar refractivity (Wildman–Crippen MR) is 106 cm³/mol. The lowest BCUT2D eigenvalue weighted by molar-refractivity contribution is -0.122. The summed E-state index contributed by atoms with van der Waals surface area (Å²) in [6.07, 6.45) is 1.17. The van der Waals surface area contributed by atoms with Crippen molar-refractivity contribution in [3.8, 4) is 5.75 Å². The maximum Gasteiger partial charge on any atom is 0.338 e. The van der Waals surface area contributed by atoms with Crippen LogP contribution in [0.4, 0.5) is 5.69 Å². The fraction of sp³-hybridized carbons (Fsp3) is 0.364. The molecule has 0 aliphatic rings. The van der Waals surface area contributed by atoms with Crippen LogP contribution in [0.1, 0.15) is 48.2 Å². The van der Waals surface area contributed by atoms with Gasteiger partial charge in [-0.25, -0.2) is 4.79 Å². The summed E-state index contributed by atoms with van der Waals surface area (Å²) in [4.78, 5) is 24.2. The predicted octanol–water partition coefficient (Wildman–Crippen LogP) is 4.67. The van der Waals surface area contributed by atoms with Gasteiger partial charge in [0.25, 0.3) is 5.91 Å². The highest BCUT2D eigenvalue weighted by atomic mass is 16.5. The van der Waals surface area contributed by atoms with Crippen LogP contribution in [-0.2, 0) is 9.53 Å². The molecule has 0 fully saturated rings. The van der Waals surface area contributed by atoms with Gasteiger partial charge >= 0.3 is 5.97 Å². The highest BCUT2D eigenvalue weighted by molar-refractivity contribution is 5.95. The van der Waals surface area contributed by atoms with E-state index >= 15 is 0 Å². The molecule has 5 heteroatoms. The lowest BCUT2D eigenvalue weighted by Gasteiger charge is -2.16. The molecule has 2 aromatic carbocycles. The molecule has 0 aromatic heterocycles. The average molecular weight is 369 g/mol. The molecule has 0 radical (unpaired) electrons. The van der Waals surface area contributed by atoms with Crippen LogP contribution in [0.25, 0.3) is 0 Å². The molecule has 5 nitrogen and oxygen atoms in total. The van der Waals surface area contributed by atoms with Crippen molar-refractivity contribution in [3.63, 3.8) is 0 Å². The SMILES string of the molecule is CCCCOC(=O)c1ccc(NC(=O)C(C)Oc2cc(C)cc(C)c2)cc1. The van der Waals surface area contributed by atoms with Crippen LogP contribution in [0, 0.1) is 13.8 Å². The fourth-order valence-corrected chi connectivity index (χ4v) is 2.58. The van der Waals surface area contributed by atoms with Gasteiger partial charge in [0.1, 0.15) is 5.75 Å². The van der Waals surface area contributed by atoms with E-state index in [4.69, 9.17) is 9.47 Å². The van der Waals surface area contributed by atoms with Gasteiger partial charge < -0.3 is 14.8 Å². The van der Waals surface area contributed by atoms with Crippen LogP contribution >= 0.6 is 0 Å². The minimum atomic E-state index is -0.648. The zero-order valence-electron chi connectivity index (χ0n) is 16.4. The zero-order chi connectivity index (χ0) is 19.8. The Morgan fingerprint density at radius 3 is 2.26 bits per heavy atom. The van der Waals surface area contributed by atoms with Gasteiger partial charge in [0, 0.05) is 5.69 Å². The first-order valence-corrected chi connectivity index (χ1v) is 9.22. The Morgan fingerprint density at radius 2 is 1.67 bits per heavy atom. The first-order valence-electron chi connectivity index (χ1n) is 9.22. The van der Waals surface area contributed by atoms with E-state index in [-0.39, 0.29) is 11.9 Å². The van der Waals surface area contributed by atoms with Crippen molar-refractivity contribution >= 4 is 17.6 Å². The number of carbonyl (C=O) groups excluding carboxylic acids is 2. The quantitative estimate of drug-likeness (QED) is 0.543. The van der Waals surface area contributed by atoms with Crippen molar-refractivity contribution in [1.82, 2.24) is 0 Å². The number of hydrogen-bond acceptors (Lipinski definition) is 4. The van der Waals surface area contributed by atoms with Crippen LogP contribution < -0.4 is 10.1 Å². The maximum absolute atomic E-state index is 12.4. The van der Waals surface area contributed by atoms with Crippen molar-refractivity contribution in [2.24, 2.45) is 0 Å². The van der Waals surface area contributed by atoms with Crippen molar-refractivity contribution < 1.29 is 19.1 Å². The summed E-state index contributed by atoms with van der Waals surface area (Å²) >= 11 is 0. The molecule has 1 N–H and O–H groups in total. The number of ether oxygens (including phenoxy) is 2. The van der Waals surface area contributed by atoms with E-state index in [9.17, 15) is 9.59 Å². The number of amides is 1. The maximum atomic E-state index is 12.4. The van der Waals surface area contributed by atoms with Gasteiger partial charge in [-0.1, -0.05) is 19.4 Å². The molecule has 0 heterocycles. The van der Waals surface area contributed by atoms with Gasteiger partial charge in [-0.15, -0.1) is 0 Å². The Hall–Kier alpha value is -2.82. The molecule has 0 aliphatic heterocycles. The summed E-state index contributed by atoms with van der Waals surface area (Å²) in [7, 11) is 0. The van der Waals surface area contributed by atoms with Crippen LogP contribution in [0.3, 0.4) is 0 Å². The van der Waals surface area contributed by atoms with Gasteiger partial charge in [-0.2, -0.15) is 0 Å². The molecule has 0 saturated carbocycles. The van der Waals surface area contributed by atoms with Gasteiger partial charge in [0.2, 0.25) is 0 Å². The molecular formula is C22H27NO4. The highest BCUT2D eigenvalue weighted by Crippen LogP contribution is 2.18. The fourth-order valence-electron chi connectivity index (χ4n) is 2.58. The largest absolute Gasteiger partial charge is 0.481 e. The second kappa shape index (κ2) is 9.76. The third-order valence-corrected chi connectivity index (χ3v) is 4.00. The van der Waals surface area contributed by atoms with Gasteiger partial charge in [-0.3, -0.25) is 4.79 Å². The second-order valence-electron chi connectivity index (χ2n) is 6.64. The van der Waals surface area contributed by atoms with E-state index in [2.05, 4.69) is 5.32 Å². The molecule has 2 aromatic rings. The number of rotatable bonds is 8. The molecule has 2 rings (SSSR count). The molecular weight excluding hydrogens is 342 g/mol. The number of benzene rings is 2. The van der Waals surface area contributed by atoms with Crippen LogP contribution in [0.5, 0.6) is 5.75 Å². The molecule has 0 aliphatic carbocycles. The van der Waals surface area contributed by atoms with Crippen LogP contribution in [0.15, 0.2) is 42.5 Å². The van der Waals surface area contributed by atoms with Crippen molar-refractivity contribution in [2.45, 2.75) is 46.6 Å². The first kappa shape index (κ1) is 20.5. The van der Waals surface area contributed by atoms with Crippen molar-refractivity contribution in [3.05, 3.63) is 59.2 Å². The number of esters is 1. The number of anilines is 1. The van der Waals surface area contributed by atoms with Gasteiger partial charge in [0.15, 0.2) is 6.10 Å². The Balaban J connectivity index is 1.91. The molecule has 0 spiro atoms. The summed E-state index contributed by atoms with van der Waals surface area (Å²) in [6, 6.07) is 12.5. The van der Waals surface area contributed by atoms with Crippen molar-refractivity contribution in [1.29, 1.82) is 0 Å². The van der Waals surface area contributed by atoms with E-state index < -0.39 is 6.10 Å². The second-order valence-corrected chi connectivity index (χ2v) is 6.64. The summed E-state index contributed by atoms with van der Waals surface area (Å²) in [5.74, 6) is 0.0561. The third kappa shape index (κ3) is 6.44. The summed E-state index contributed by atoms with van der Waals surface area (Å²) < 4.78 is 10.9. The summed E-state index contributed by atoms with van der Waals surface area (Å²) in [5, 5.41) is 2.79. The van der Waals surface area contributed by atoms with Gasteiger partial charge in [0.05, 0.1) is 12.2 Å². The Kier molecular flexibility index (Phi) is 7.41. The number of aryl methyl sites for hydroxylation is 2. The van der Waals surface area contributed by atoms with E-state index in [1.807, 2.05) is 39.0 Å². The standard InChI is InChI=1S/C22H27NO4/c1-5-6-11-26-22(25)18-7-9-19(10-8-18)23-21(24)17(4)27-20-13-15(2)12-16(3)14-20/h7-10,12-14,17H,5-6,11H2,1-4H3,(H,23,24). The Morgan fingerprint density at radius 1 is 1.04 bits per heavy atom. The number of hydrogen-bond donors (Lipinski definition) is 1. The minimum Gasteiger partial charge on any atom is -0.481 e. The summed E-state index contributed by atoms with van der Waals surface area (Å²) in [5.41, 5.74) is 3.22. The monoisotopic (exact) mass is 369 g/mol.